The smallest absolute Gasteiger partial charge is 0.395 e. The predicted octanol–water partition coefficient (Wildman–Crippen LogP) is 2.87. The number of aromatic nitrogens is 1. The molecule has 1 aromatic heterocycles. The van der Waals surface area contributed by atoms with Crippen LogP contribution in [-0.4, -0.2) is 5.16 Å². The van der Waals surface area contributed by atoms with E-state index in [1.807, 2.05) is 0 Å². The monoisotopic (exact) mass is 242 g/mol. The lowest BCUT2D eigenvalue weighted by Crippen LogP contribution is -2.05. The predicted molar refractivity (Wildman–Crippen MR) is 55.2 cm³/mol. The van der Waals surface area contributed by atoms with Gasteiger partial charge in [0.1, 0.15) is 0 Å². The minimum atomic E-state index is -4.34. The van der Waals surface area contributed by atoms with Gasteiger partial charge in [-0.05, 0) is 11.6 Å². The molecule has 0 aliphatic heterocycles. The van der Waals surface area contributed by atoms with E-state index in [1.54, 1.807) is 6.07 Å². The number of nitrogen functional groups attached to an aromatic ring is 1. The van der Waals surface area contributed by atoms with E-state index in [0.29, 0.717) is 17.0 Å². The molecule has 0 aliphatic carbocycles. The lowest BCUT2D eigenvalue weighted by Gasteiger charge is -2.07. The first kappa shape index (κ1) is 11.5. The first-order chi connectivity index (χ1) is 7.97. The van der Waals surface area contributed by atoms with Gasteiger partial charge in [0.05, 0.1) is 17.4 Å². The molecular formula is C11H9F3N2O. The Balaban J connectivity index is 2.26. The minimum absolute atomic E-state index is 0.190. The summed E-state index contributed by atoms with van der Waals surface area (Å²) >= 11 is 0. The highest BCUT2D eigenvalue weighted by Gasteiger charge is 2.30. The fraction of sp³-hybridized carbons (Fsp3) is 0.182. The van der Waals surface area contributed by atoms with Gasteiger partial charge < -0.3 is 10.3 Å². The van der Waals surface area contributed by atoms with E-state index >= 15 is 0 Å². The van der Waals surface area contributed by atoms with Gasteiger partial charge in [-0.1, -0.05) is 23.4 Å². The lowest BCUT2D eigenvalue weighted by atomic mass is 10.1. The van der Waals surface area contributed by atoms with Crippen molar-refractivity contribution in [2.24, 2.45) is 0 Å². The molecule has 3 nitrogen and oxygen atoms in total. The molecule has 0 saturated carbocycles. The van der Waals surface area contributed by atoms with Crippen molar-refractivity contribution in [3.8, 4) is 0 Å². The molecule has 2 aromatic rings. The van der Waals surface area contributed by atoms with Gasteiger partial charge in [-0.15, -0.1) is 0 Å². The van der Waals surface area contributed by atoms with E-state index < -0.39 is 11.7 Å². The Labute approximate surface area is 95.0 Å². The van der Waals surface area contributed by atoms with Gasteiger partial charge in [-0.25, -0.2) is 0 Å². The van der Waals surface area contributed by atoms with Gasteiger partial charge in [0, 0.05) is 6.42 Å². The van der Waals surface area contributed by atoms with Crippen molar-refractivity contribution in [2.75, 3.05) is 5.73 Å². The average Bonchev–Trinajstić information content (AvgIpc) is 2.64. The van der Waals surface area contributed by atoms with Crippen LogP contribution in [0.4, 0.5) is 18.9 Å². The van der Waals surface area contributed by atoms with E-state index in [9.17, 15) is 13.2 Å². The highest BCUT2D eigenvalue weighted by molar-refractivity contribution is 5.41. The Morgan fingerprint density at radius 2 is 2.06 bits per heavy atom. The van der Waals surface area contributed by atoms with Crippen LogP contribution in [0.2, 0.25) is 0 Å². The Morgan fingerprint density at radius 3 is 2.65 bits per heavy atom. The standard InChI is InChI=1S/C11H9F3N2O/c12-11(13,14)8-3-1-2-7(4-8)5-10-9(15)6-16-17-10/h1-4,6H,5,15H2. The van der Waals surface area contributed by atoms with Crippen molar-refractivity contribution in [1.29, 1.82) is 0 Å². The summed E-state index contributed by atoms with van der Waals surface area (Å²) in [5.74, 6) is 0.365. The Kier molecular flexibility index (Phi) is 2.79. The normalized spacial score (nSPS) is 11.7. The summed E-state index contributed by atoms with van der Waals surface area (Å²) in [6.07, 6.45) is -2.83. The lowest BCUT2D eigenvalue weighted by molar-refractivity contribution is -0.137. The summed E-state index contributed by atoms with van der Waals surface area (Å²) in [6, 6.07) is 5.02. The number of hydrogen-bond donors (Lipinski definition) is 1. The van der Waals surface area contributed by atoms with Crippen LogP contribution < -0.4 is 5.73 Å². The second kappa shape index (κ2) is 4.12. The molecule has 2 N–H and O–H groups in total. The molecule has 0 radical (unpaired) electrons. The molecule has 0 atom stereocenters. The molecule has 90 valence electrons. The van der Waals surface area contributed by atoms with Crippen LogP contribution in [0.3, 0.4) is 0 Å². The van der Waals surface area contributed by atoms with Gasteiger partial charge in [0.25, 0.3) is 0 Å². The number of benzene rings is 1. The van der Waals surface area contributed by atoms with Crippen LogP contribution in [0, 0.1) is 0 Å². The maximum atomic E-state index is 12.5. The molecule has 1 heterocycles. The van der Waals surface area contributed by atoms with Crippen molar-refractivity contribution in [1.82, 2.24) is 5.16 Å². The fourth-order valence-electron chi connectivity index (χ4n) is 1.45. The SMILES string of the molecule is Nc1cnoc1Cc1cccc(C(F)(F)F)c1. The number of halogens is 3. The molecule has 0 aliphatic rings. The van der Waals surface area contributed by atoms with E-state index in [4.69, 9.17) is 10.3 Å². The zero-order valence-electron chi connectivity index (χ0n) is 8.66. The van der Waals surface area contributed by atoms with E-state index in [1.165, 1.54) is 12.3 Å². The van der Waals surface area contributed by atoms with Gasteiger partial charge in [0.15, 0.2) is 5.76 Å². The fourth-order valence-corrected chi connectivity index (χ4v) is 1.45. The molecule has 17 heavy (non-hydrogen) atoms. The molecule has 0 amide bonds. The van der Waals surface area contributed by atoms with Crippen molar-refractivity contribution in [3.05, 3.63) is 47.3 Å². The van der Waals surface area contributed by atoms with Crippen LogP contribution >= 0.6 is 0 Å². The number of anilines is 1. The number of alkyl halides is 3. The van der Waals surface area contributed by atoms with Gasteiger partial charge in [-0.3, -0.25) is 0 Å². The molecular weight excluding hydrogens is 233 g/mol. The molecule has 0 saturated heterocycles. The maximum Gasteiger partial charge on any atom is 0.416 e. The number of hydrogen-bond acceptors (Lipinski definition) is 3. The first-order valence-electron chi connectivity index (χ1n) is 4.82. The van der Waals surface area contributed by atoms with Gasteiger partial charge >= 0.3 is 6.18 Å². The largest absolute Gasteiger partial charge is 0.416 e. The Hall–Kier alpha value is -1.98. The summed E-state index contributed by atoms with van der Waals surface area (Å²) < 4.78 is 42.2. The number of nitrogens with two attached hydrogens (primary N) is 1. The quantitative estimate of drug-likeness (QED) is 0.880. The zero-order chi connectivity index (χ0) is 12.5. The molecule has 1 aromatic carbocycles. The molecule has 0 spiro atoms. The minimum Gasteiger partial charge on any atom is -0.395 e. The van der Waals surface area contributed by atoms with Crippen LogP contribution in [0.5, 0.6) is 0 Å². The topological polar surface area (TPSA) is 52.0 Å². The molecule has 0 bridgehead atoms. The maximum absolute atomic E-state index is 12.5. The van der Waals surface area contributed by atoms with Crippen LogP contribution in [0.1, 0.15) is 16.9 Å². The van der Waals surface area contributed by atoms with Crippen molar-refractivity contribution >= 4 is 5.69 Å². The first-order valence-corrected chi connectivity index (χ1v) is 4.82. The van der Waals surface area contributed by atoms with Crippen LogP contribution in [-0.2, 0) is 12.6 Å². The third-order valence-electron chi connectivity index (χ3n) is 2.30. The second-order valence-electron chi connectivity index (χ2n) is 3.58. The third kappa shape index (κ3) is 2.58. The summed E-state index contributed by atoms with van der Waals surface area (Å²) in [6.45, 7) is 0. The zero-order valence-corrected chi connectivity index (χ0v) is 8.66. The second-order valence-corrected chi connectivity index (χ2v) is 3.58. The Bertz CT molecular complexity index is 519. The summed E-state index contributed by atoms with van der Waals surface area (Å²) in [5, 5.41) is 3.47. The van der Waals surface area contributed by atoms with E-state index in [2.05, 4.69) is 5.16 Å². The van der Waals surface area contributed by atoms with Gasteiger partial charge in [-0.2, -0.15) is 13.2 Å². The van der Waals surface area contributed by atoms with Crippen molar-refractivity contribution in [3.63, 3.8) is 0 Å². The highest BCUT2D eigenvalue weighted by atomic mass is 19.4. The van der Waals surface area contributed by atoms with Crippen LogP contribution in [0.15, 0.2) is 35.0 Å². The van der Waals surface area contributed by atoms with E-state index in [0.717, 1.165) is 12.1 Å². The van der Waals surface area contributed by atoms with Gasteiger partial charge in [0.2, 0.25) is 0 Å². The summed E-state index contributed by atoms with van der Waals surface area (Å²) in [5.41, 5.74) is 5.66. The summed E-state index contributed by atoms with van der Waals surface area (Å²) in [4.78, 5) is 0. The van der Waals surface area contributed by atoms with Crippen molar-refractivity contribution < 1.29 is 17.7 Å². The average molecular weight is 242 g/mol. The third-order valence-corrected chi connectivity index (χ3v) is 2.30. The highest BCUT2D eigenvalue weighted by Crippen LogP contribution is 2.30. The Morgan fingerprint density at radius 1 is 1.29 bits per heavy atom. The van der Waals surface area contributed by atoms with E-state index in [-0.39, 0.29) is 6.42 Å². The van der Waals surface area contributed by atoms with Crippen LogP contribution in [0.25, 0.3) is 0 Å². The molecule has 6 heteroatoms. The summed E-state index contributed by atoms with van der Waals surface area (Å²) in [7, 11) is 0. The van der Waals surface area contributed by atoms with Crippen molar-refractivity contribution in [2.45, 2.75) is 12.6 Å². The molecule has 0 fully saturated rings. The number of rotatable bonds is 2. The molecule has 0 unspecified atom stereocenters. The molecule has 2 rings (SSSR count). The number of nitrogens with zero attached hydrogens (tertiary/aromatic N) is 1.